The molecule has 5 nitrogen and oxygen atoms in total. The minimum absolute atomic E-state index is 0.378. The summed E-state index contributed by atoms with van der Waals surface area (Å²) < 4.78 is 11.3. The summed E-state index contributed by atoms with van der Waals surface area (Å²) in [6.07, 6.45) is 7.69. The summed E-state index contributed by atoms with van der Waals surface area (Å²) in [4.78, 5) is 4.36. The molecule has 0 amide bonds. The van der Waals surface area contributed by atoms with Gasteiger partial charge in [0.2, 0.25) is 0 Å². The van der Waals surface area contributed by atoms with E-state index in [1.54, 1.807) is 0 Å². The molecule has 1 spiro atoms. The van der Waals surface area contributed by atoms with Crippen LogP contribution in [0.5, 0.6) is 0 Å². The summed E-state index contributed by atoms with van der Waals surface area (Å²) >= 11 is 0. The molecule has 0 bridgehead atoms. The van der Waals surface area contributed by atoms with E-state index < -0.39 is 0 Å². The van der Waals surface area contributed by atoms with Crippen LogP contribution in [0.15, 0.2) is 4.99 Å². The molecule has 0 heterocycles. The van der Waals surface area contributed by atoms with Gasteiger partial charge in [0, 0.05) is 44.9 Å². The number of hydrogen-bond acceptors (Lipinski definition) is 3. The van der Waals surface area contributed by atoms with Gasteiger partial charge in [0.05, 0.1) is 6.10 Å². The van der Waals surface area contributed by atoms with Crippen LogP contribution in [0.4, 0.5) is 0 Å². The topological polar surface area (TPSA) is 54.9 Å². The number of hydrogen-bond donors (Lipinski definition) is 2. The quantitative estimate of drug-likeness (QED) is 0.390. The van der Waals surface area contributed by atoms with Gasteiger partial charge < -0.3 is 20.1 Å². The molecule has 5 heteroatoms. The summed E-state index contributed by atoms with van der Waals surface area (Å²) in [7, 11) is 1.85. The highest BCUT2D eigenvalue weighted by Gasteiger charge is 2.59. The van der Waals surface area contributed by atoms with Crippen LogP contribution < -0.4 is 10.6 Å². The molecular formula is C17H33N3O2. The molecule has 2 atom stereocenters. The molecule has 0 aromatic heterocycles. The lowest BCUT2D eigenvalue weighted by Gasteiger charge is -2.61. The number of aliphatic imine (C=N–C) groups is 1. The fraction of sp³-hybridized carbons (Fsp3) is 0.941. The van der Waals surface area contributed by atoms with Crippen molar-refractivity contribution in [1.29, 1.82) is 0 Å². The van der Waals surface area contributed by atoms with Crippen LogP contribution >= 0.6 is 0 Å². The first-order valence-electron chi connectivity index (χ1n) is 8.93. The lowest BCUT2D eigenvalue weighted by Crippen LogP contribution is -2.68. The molecule has 2 unspecified atom stereocenters. The lowest BCUT2D eigenvalue weighted by molar-refractivity contribution is -0.168. The summed E-state index contributed by atoms with van der Waals surface area (Å²) in [6.45, 7) is 7.56. The van der Waals surface area contributed by atoms with Gasteiger partial charge in [-0.25, -0.2) is 0 Å². The molecule has 2 saturated carbocycles. The van der Waals surface area contributed by atoms with Crippen molar-refractivity contribution in [2.45, 2.75) is 64.5 Å². The van der Waals surface area contributed by atoms with Crippen molar-refractivity contribution in [3.05, 3.63) is 0 Å². The van der Waals surface area contributed by atoms with E-state index in [1.165, 1.54) is 19.3 Å². The van der Waals surface area contributed by atoms with E-state index in [0.717, 1.165) is 51.6 Å². The van der Waals surface area contributed by atoms with E-state index >= 15 is 0 Å². The van der Waals surface area contributed by atoms with E-state index in [0.29, 0.717) is 17.6 Å². The Morgan fingerprint density at radius 2 is 2.05 bits per heavy atom. The Kier molecular flexibility index (Phi) is 6.96. The second-order valence-corrected chi connectivity index (χ2v) is 6.37. The van der Waals surface area contributed by atoms with Crippen LogP contribution in [0.25, 0.3) is 0 Å². The Labute approximate surface area is 135 Å². The van der Waals surface area contributed by atoms with E-state index in [9.17, 15) is 0 Å². The van der Waals surface area contributed by atoms with Gasteiger partial charge in [0.15, 0.2) is 5.96 Å². The molecule has 0 saturated heterocycles. The van der Waals surface area contributed by atoms with Gasteiger partial charge in [0.1, 0.15) is 0 Å². The normalized spacial score (nSPS) is 26.4. The molecule has 0 radical (unpaired) electrons. The zero-order valence-electron chi connectivity index (χ0n) is 14.5. The molecular weight excluding hydrogens is 278 g/mol. The minimum atomic E-state index is 0.378. The SMILES string of the molecule is CCOCCCCNC(=NC)NC1CC(OCC)C12CCC2. The van der Waals surface area contributed by atoms with Gasteiger partial charge in [-0.2, -0.15) is 0 Å². The maximum Gasteiger partial charge on any atom is 0.191 e. The largest absolute Gasteiger partial charge is 0.382 e. The van der Waals surface area contributed by atoms with Crippen molar-refractivity contribution in [1.82, 2.24) is 10.6 Å². The first-order valence-corrected chi connectivity index (χ1v) is 8.93. The Hall–Kier alpha value is -0.810. The third kappa shape index (κ3) is 3.93. The Morgan fingerprint density at radius 3 is 2.64 bits per heavy atom. The van der Waals surface area contributed by atoms with Gasteiger partial charge in [-0.3, -0.25) is 4.99 Å². The minimum Gasteiger partial charge on any atom is -0.382 e. The van der Waals surface area contributed by atoms with E-state index in [-0.39, 0.29) is 0 Å². The number of nitrogens with one attached hydrogen (secondary N) is 2. The molecule has 128 valence electrons. The highest BCUT2D eigenvalue weighted by molar-refractivity contribution is 5.80. The fourth-order valence-corrected chi connectivity index (χ4v) is 3.68. The zero-order chi connectivity index (χ0) is 15.8. The van der Waals surface area contributed by atoms with E-state index in [2.05, 4.69) is 22.5 Å². The van der Waals surface area contributed by atoms with Gasteiger partial charge >= 0.3 is 0 Å². The predicted molar refractivity (Wildman–Crippen MR) is 90.3 cm³/mol. The van der Waals surface area contributed by atoms with Crippen LogP contribution in [-0.4, -0.2) is 51.5 Å². The summed E-state index contributed by atoms with van der Waals surface area (Å²) in [5, 5.41) is 7.03. The number of ether oxygens (including phenoxy) is 2. The van der Waals surface area contributed by atoms with Gasteiger partial charge in [-0.1, -0.05) is 6.42 Å². The average Bonchev–Trinajstić information content (AvgIpc) is 2.45. The van der Waals surface area contributed by atoms with Gasteiger partial charge in [-0.05, 0) is 46.0 Å². The summed E-state index contributed by atoms with van der Waals surface area (Å²) in [5.41, 5.74) is 0.378. The van der Waals surface area contributed by atoms with Crippen LogP contribution in [0.3, 0.4) is 0 Å². The number of rotatable bonds is 9. The third-order valence-corrected chi connectivity index (χ3v) is 5.18. The molecule has 22 heavy (non-hydrogen) atoms. The van der Waals surface area contributed by atoms with Crippen molar-refractivity contribution < 1.29 is 9.47 Å². The van der Waals surface area contributed by atoms with Crippen molar-refractivity contribution in [2.75, 3.05) is 33.4 Å². The maximum atomic E-state index is 5.90. The first-order chi connectivity index (χ1) is 10.8. The molecule has 2 rings (SSSR count). The standard InChI is InChI=1S/C17H33N3O2/c1-4-21-12-7-6-11-19-16(18-3)20-14-13-15(22-5-2)17(14)9-8-10-17/h14-15H,4-13H2,1-3H3,(H2,18,19,20). The maximum absolute atomic E-state index is 5.90. The molecule has 0 aromatic carbocycles. The monoisotopic (exact) mass is 311 g/mol. The Morgan fingerprint density at radius 1 is 1.23 bits per heavy atom. The second kappa shape index (κ2) is 8.73. The Balaban J connectivity index is 1.68. The Bertz CT molecular complexity index is 356. The van der Waals surface area contributed by atoms with E-state index in [1.807, 2.05) is 14.0 Å². The zero-order valence-corrected chi connectivity index (χ0v) is 14.5. The number of unbranched alkanes of at least 4 members (excludes halogenated alkanes) is 1. The van der Waals surface area contributed by atoms with E-state index in [4.69, 9.17) is 9.47 Å². The predicted octanol–water partition coefficient (Wildman–Crippen LogP) is 2.32. The summed E-state index contributed by atoms with van der Waals surface area (Å²) in [5.74, 6) is 0.933. The number of nitrogens with zero attached hydrogens (tertiary/aromatic N) is 1. The molecule has 2 aliphatic rings. The first kappa shape index (κ1) is 17.5. The highest BCUT2D eigenvalue weighted by Crippen LogP contribution is 2.57. The van der Waals surface area contributed by atoms with Crippen LogP contribution in [-0.2, 0) is 9.47 Å². The molecule has 0 aliphatic heterocycles. The van der Waals surface area contributed by atoms with Crippen molar-refractivity contribution >= 4 is 5.96 Å². The molecule has 2 aliphatic carbocycles. The average molecular weight is 311 g/mol. The fourth-order valence-electron chi connectivity index (χ4n) is 3.68. The smallest absolute Gasteiger partial charge is 0.191 e. The molecule has 2 N–H and O–H groups in total. The summed E-state index contributed by atoms with van der Waals surface area (Å²) in [6, 6.07) is 0.521. The second-order valence-electron chi connectivity index (χ2n) is 6.37. The lowest BCUT2D eigenvalue weighted by atomic mass is 9.51. The highest BCUT2D eigenvalue weighted by atomic mass is 16.5. The number of guanidine groups is 1. The van der Waals surface area contributed by atoms with Crippen LogP contribution in [0, 0.1) is 5.41 Å². The molecule has 0 aromatic rings. The van der Waals surface area contributed by atoms with Crippen LogP contribution in [0.1, 0.15) is 52.4 Å². The third-order valence-electron chi connectivity index (χ3n) is 5.18. The van der Waals surface area contributed by atoms with Crippen molar-refractivity contribution in [3.8, 4) is 0 Å². The van der Waals surface area contributed by atoms with Crippen LogP contribution in [0.2, 0.25) is 0 Å². The van der Waals surface area contributed by atoms with Crippen molar-refractivity contribution in [3.63, 3.8) is 0 Å². The molecule has 2 fully saturated rings. The van der Waals surface area contributed by atoms with Gasteiger partial charge in [-0.15, -0.1) is 0 Å². The van der Waals surface area contributed by atoms with Crippen molar-refractivity contribution in [2.24, 2.45) is 10.4 Å². The van der Waals surface area contributed by atoms with Gasteiger partial charge in [0.25, 0.3) is 0 Å².